The summed E-state index contributed by atoms with van der Waals surface area (Å²) in [5.74, 6) is 2.31. The minimum Gasteiger partial charge on any atom is -0.493 e. The van der Waals surface area contributed by atoms with Crippen LogP contribution in [-0.2, 0) is 12.0 Å². The Morgan fingerprint density at radius 3 is 2.50 bits per heavy atom. The number of guanidine groups is 1. The quantitative estimate of drug-likeness (QED) is 0.544. The van der Waals surface area contributed by atoms with Crippen molar-refractivity contribution in [2.75, 3.05) is 27.3 Å². The molecule has 0 aliphatic heterocycles. The van der Waals surface area contributed by atoms with Gasteiger partial charge in [0, 0.05) is 18.5 Å². The van der Waals surface area contributed by atoms with E-state index in [1.165, 1.54) is 11.1 Å². The summed E-state index contributed by atoms with van der Waals surface area (Å²) in [6.45, 7) is 8.72. The van der Waals surface area contributed by atoms with Crippen LogP contribution in [0.2, 0.25) is 0 Å². The van der Waals surface area contributed by atoms with Crippen LogP contribution >= 0.6 is 11.3 Å². The summed E-state index contributed by atoms with van der Waals surface area (Å²) in [4.78, 5) is 4.67. The molecular weight excluding hydrogens is 346 g/mol. The highest BCUT2D eigenvalue weighted by molar-refractivity contribution is 7.07. The van der Waals surface area contributed by atoms with Crippen molar-refractivity contribution in [3.05, 3.63) is 46.2 Å². The molecule has 0 saturated heterocycles. The molecule has 26 heavy (non-hydrogen) atoms. The standard InChI is InChI=1S/C20H29N3O2S/c1-6-21-19(22-12-15-9-10-26-13-15)23-14-20(2,3)16-7-8-17(24-4)18(11-16)25-5/h7-11,13H,6,12,14H2,1-5H3,(H2,21,22,23). The van der Waals surface area contributed by atoms with Gasteiger partial charge in [0.25, 0.3) is 0 Å². The molecular formula is C20H29N3O2S. The van der Waals surface area contributed by atoms with E-state index in [2.05, 4.69) is 59.3 Å². The first-order chi connectivity index (χ1) is 12.5. The van der Waals surface area contributed by atoms with Crippen molar-refractivity contribution in [1.82, 2.24) is 10.6 Å². The maximum atomic E-state index is 5.44. The summed E-state index contributed by atoms with van der Waals surface area (Å²) in [6, 6.07) is 8.17. The van der Waals surface area contributed by atoms with E-state index in [9.17, 15) is 0 Å². The second kappa shape index (κ2) is 9.48. The molecule has 2 N–H and O–H groups in total. The molecule has 2 rings (SSSR count). The van der Waals surface area contributed by atoms with Crippen LogP contribution in [0.15, 0.2) is 40.0 Å². The van der Waals surface area contributed by atoms with Crippen LogP contribution in [0.5, 0.6) is 11.5 Å². The molecule has 1 aromatic carbocycles. The number of nitrogens with zero attached hydrogens (tertiary/aromatic N) is 1. The van der Waals surface area contributed by atoms with Gasteiger partial charge in [0.1, 0.15) is 0 Å². The van der Waals surface area contributed by atoms with Crippen LogP contribution in [0, 0.1) is 0 Å². The average Bonchev–Trinajstić information content (AvgIpc) is 3.17. The highest BCUT2D eigenvalue weighted by atomic mass is 32.1. The molecule has 0 amide bonds. The predicted octanol–water partition coefficient (Wildman–Crippen LogP) is 3.80. The first-order valence-electron chi connectivity index (χ1n) is 8.76. The molecule has 0 unspecified atom stereocenters. The molecule has 142 valence electrons. The van der Waals surface area contributed by atoms with Crippen LogP contribution in [0.3, 0.4) is 0 Å². The Morgan fingerprint density at radius 1 is 1.12 bits per heavy atom. The largest absolute Gasteiger partial charge is 0.493 e. The lowest BCUT2D eigenvalue weighted by molar-refractivity contribution is 0.353. The molecule has 6 heteroatoms. The predicted molar refractivity (Wildman–Crippen MR) is 110 cm³/mol. The van der Waals surface area contributed by atoms with E-state index in [1.807, 2.05) is 12.1 Å². The van der Waals surface area contributed by atoms with Gasteiger partial charge >= 0.3 is 0 Å². The molecule has 1 aromatic heterocycles. The zero-order valence-corrected chi connectivity index (χ0v) is 17.1. The first kappa shape index (κ1) is 20.1. The van der Waals surface area contributed by atoms with Gasteiger partial charge in [-0.1, -0.05) is 19.9 Å². The Morgan fingerprint density at radius 2 is 1.88 bits per heavy atom. The third-order valence-corrected chi connectivity index (χ3v) is 4.94. The lowest BCUT2D eigenvalue weighted by Gasteiger charge is -2.27. The third kappa shape index (κ3) is 5.39. The molecule has 0 spiro atoms. The molecule has 2 aromatic rings. The van der Waals surface area contributed by atoms with Crippen molar-refractivity contribution >= 4 is 17.3 Å². The Kier molecular flexibility index (Phi) is 7.33. The number of hydrogen-bond acceptors (Lipinski definition) is 4. The summed E-state index contributed by atoms with van der Waals surface area (Å²) >= 11 is 1.69. The van der Waals surface area contributed by atoms with E-state index < -0.39 is 0 Å². The lowest BCUT2D eigenvalue weighted by Crippen LogP contribution is -2.43. The van der Waals surface area contributed by atoms with Crippen LogP contribution in [0.1, 0.15) is 31.9 Å². The highest BCUT2D eigenvalue weighted by Gasteiger charge is 2.22. The second-order valence-corrected chi connectivity index (χ2v) is 7.41. The van der Waals surface area contributed by atoms with Crippen molar-refractivity contribution in [1.29, 1.82) is 0 Å². The fraction of sp³-hybridized carbons (Fsp3) is 0.450. The SMILES string of the molecule is CCNC(=NCc1ccsc1)NCC(C)(C)c1ccc(OC)c(OC)c1. The highest BCUT2D eigenvalue weighted by Crippen LogP contribution is 2.32. The number of aliphatic imine (C=N–C) groups is 1. The molecule has 5 nitrogen and oxygen atoms in total. The lowest BCUT2D eigenvalue weighted by atomic mass is 9.84. The van der Waals surface area contributed by atoms with Gasteiger partial charge in [-0.25, -0.2) is 4.99 Å². The maximum absolute atomic E-state index is 5.44. The van der Waals surface area contributed by atoms with E-state index in [4.69, 9.17) is 9.47 Å². The Balaban J connectivity index is 2.07. The zero-order valence-electron chi connectivity index (χ0n) is 16.3. The summed E-state index contributed by atoms with van der Waals surface area (Å²) < 4.78 is 10.8. The van der Waals surface area contributed by atoms with Gasteiger partial charge in [-0.2, -0.15) is 11.3 Å². The van der Waals surface area contributed by atoms with Crippen molar-refractivity contribution in [2.45, 2.75) is 32.7 Å². The topological polar surface area (TPSA) is 54.9 Å². The summed E-state index contributed by atoms with van der Waals surface area (Å²) in [5, 5.41) is 11.0. The van der Waals surface area contributed by atoms with Crippen LogP contribution in [0.4, 0.5) is 0 Å². The molecule has 0 fully saturated rings. The summed E-state index contributed by atoms with van der Waals surface area (Å²) in [5.41, 5.74) is 2.31. The summed E-state index contributed by atoms with van der Waals surface area (Å²) in [7, 11) is 3.31. The number of benzene rings is 1. The third-order valence-electron chi connectivity index (χ3n) is 4.21. The number of hydrogen-bond donors (Lipinski definition) is 2. The van der Waals surface area contributed by atoms with Gasteiger partial charge in [0.05, 0.1) is 20.8 Å². The Hall–Kier alpha value is -2.21. The maximum Gasteiger partial charge on any atom is 0.191 e. The van der Waals surface area contributed by atoms with Gasteiger partial charge in [0.15, 0.2) is 17.5 Å². The van der Waals surface area contributed by atoms with Gasteiger partial charge < -0.3 is 20.1 Å². The number of rotatable bonds is 8. The van der Waals surface area contributed by atoms with Gasteiger partial charge in [-0.3, -0.25) is 0 Å². The monoisotopic (exact) mass is 375 g/mol. The van der Waals surface area contributed by atoms with E-state index in [0.29, 0.717) is 6.54 Å². The van der Waals surface area contributed by atoms with Crippen molar-refractivity contribution in [2.24, 2.45) is 4.99 Å². The fourth-order valence-corrected chi connectivity index (χ4v) is 3.22. The normalized spacial score (nSPS) is 12.0. The number of nitrogens with one attached hydrogen (secondary N) is 2. The van der Waals surface area contributed by atoms with Crippen LogP contribution < -0.4 is 20.1 Å². The zero-order chi connectivity index (χ0) is 19.0. The van der Waals surface area contributed by atoms with Crippen LogP contribution in [0.25, 0.3) is 0 Å². The van der Waals surface area contributed by atoms with Crippen molar-refractivity contribution in [3.63, 3.8) is 0 Å². The Bertz CT molecular complexity index is 712. The smallest absolute Gasteiger partial charge is 0.191 e. The molecule has 0 bridgehead atoms. The van der Waals surface area contributed by atoms with Crippen LogP contribution in [-0.4, -0.2) is 33.3 Å². The summed E-state index contributed by atoms with van der Waals surface area (Å²) in [6.07, 6.45) is 0. The number of ether oxygens (including phenoxy) is 2. The molecule has 1 heterocycles. The fourth-order valence-electron chi connectivity index (χ4n) is 2.56. The molecule has 0 radical (unpaired) electrons. The number of thiophene rings is 1. The second-order valence-electron chi connectivity index (χ2n) is 6.63. The van der Waals surface area contributed by atoms with Crippen molar-refractivity contribution < 1.29 is 9.47 Å². The van der Waals surface area contributed by atoms with E-state index in [-0.39, 0.29) is 5.41 Å². The van der Waals surface area contributed by atoms with Crippen molar-refractivity contribution in [3.8, 4) is 11.5 Å². The van der Waals surface area contributed by atoms with E-state index in [0.717, 1.165) is 30.5 Å². The number of methoxy groups -OCH3 is 2. The van der Waals surface area contributed by atoms with E-state index >= 15 is 0 Å². The molecule has 0 aliphatic rings. The molecule has 0 aliphatic carbocycles. The molecule has 0 saturated carbocycles. The molecule has 0 atom stereocenters. The minimum atomic E-state index is -0.0991. The Labute approximate surface area is 160 Å². The van der Waals surface area contributed by atoms with Gasteiger partial charge in [-0.05, 0) is 47.0 Å². The minimum absolute atomic E-state index is 0.0991. The average molecular weight is 376 g/mol. The van der Waals surface area contributed by atoms with Gasteiger partial charge in [-0.15, -0.1) is 0 Å². The first-order valence-corrected chi connectivity index (χ1v) is 9.70. The van der Waals surface area contributed by atoms with E-state index in [1.54, 1.807) is 25.6 Å². The van der Waals surface area contributed by atoms with Gasteiger partial charge in [0.2, 0.25) is 0 Å².